The first-order valence-corrected chi connectivity index (χ1v) is 11.8. The zero-order chi connectivity index (χ0) is 20.7. The van der Waals surface area contributed by atoms with Crippen LogP contribution >= 0.6 is 0 Å². The van der Waals surface area contributed by atoms with Crippen LogP contribution in [0.2, 0.25) is 0 Å². The summed E-state index contributed by atoms with van der Waals surface area (Å²) in [5.74, 6) is 1.57. The summed E-state index contributed by atoms with van der Waals surface area (Å²) in [5.41, 5.74) is 1.97. The molecule has 0 aliphatic rings. The third kappa shape index (κ3) is 6.44. The van der Waals surface area contributed by atoms with Crippen molar-refractivity contribution in [2.24, 2.45) is 5.92 Å². The van der Waals surface area contributed by atoms with Gasteiger partial charge in [0.2, 0.25) is 15.0 Å². The molecule has 0 amide bonds. The smallest absolute Gasteiger partial charge is 0.227 e. The maximum atomic E-state index is 12.9. The molecule has 7 nitrogen and oxygen atoms in total. The van der Waals surface area contributed by atoms with Crippen molar-refractivity contribution >= 4 is 9.84 Å². The summed E-state index contributed by atoms with van der Waals surface area (Å²) in [6, 6.07) is 0. The molecule has 2 aromatic rings. The Morgan fingerprint density at radius 3 is 2.54 bits per heavy atom. The van der Waals surface area contributed by atoms with Crippen molar-refractivity contribution in [1.29, 1.82) is 0 Å². The molecule has 1 N–H and O–H groups in total. The Morgan fingerprint density at radius 2 is 1.93 bits per heavy atom. The standard InChI is InChI=1S/C20H35N5O2S/c1-6-7-10-25-18(14-24(5)15-19-21-12-17(4)23-19)13-22-20(25)28(26,27)11-8-9-16(2)3/h12-13,16H,6-11,14-15H2,1-5H3,(H,21,23). The van der Waals surface area contributed by atoms with Crippen LogP contribution in [0, 0.1) is 12.8 Å². The molecule has 28 heavy (non-hydrogen) atoms. The molecule has 2 aromatic heterocycles. The van der Waals surface area contributed by atoms with Gasteiger partial charge in [-0.05, 0) is 39.2 Å². The number of imidazole rings is 2. The minimum Gasteiger partial charge on any atom is -0.345 e. The highest BCUT2D eigenvalue weighted by Gasteiger charge is 2.23. The number of aryl methyl sites for hydroxylation is 1. The zero-order valence-electron chi connectivity index (χ0n) is 17.9. The average molecular weight is 410 g/mol. The fourth-order valence-electron chi connectivity index (χ4n) is 3.23. The second kappa shape index (κ2) is 10.2. The average Bonchev–Trinajstić information content (AvgIpc) is 3.18. The lowest BCUT2D eigenvalue weighted by atomic mass is 10.1. The molecule has 2 heterocycles. The van der Waals surface area contributed by atoms with Crippen LogP contribution in [0.15, 0.2) is 17.6 Å². The van der Waals surface area contributed by atoms with Crippen LogP contribution in [-0.2, 0) is 29.5 Å². The maximum absolute atomic E-state index is 12.9. The van der Waals surface area contributed by atoms with Gasteiger partial charge in [-0.25, -0.2) is 18.4 Å². The number of aromatic amines is 1. The van der Waals surface area contributed by atoms with E-state index in [1.807, 2.05) is 24.7 Å². The van der Waals surface area contributed by atoms with E-state index >= 15 is 0 Å². The van der Waals surface area contributed by atoms with Gasteiger partial charge in [-0.2, -0.15) is 0 Å². The van der Waals surface area contributed by atoms with Gasteiger partial charge in [0.25, 0.3) is 0 Å². The van der Waals surface area contributed by atoms with Crippen molar-refractivity contribution in [3.63, 3.8) is 0 Å². The van der Waals surface area contributed by atoms with E-state index in [-0.39, 0.29) is 10.9 Å². The summed E-state index contributed by atoms with van der Waals surface area (Å²) < 4.78 is 27.7. The Labute approximate surface area is 169 Å². The lowest BCUT2D eigenvalue weighted by molar-refractivity contribution is 0.300. The van der Waals surface area contributed by atoms with E-state index < -0.39 is 9.84 Å². The molecule has 8 heteroatoms. The molecule has 0 saturated carbocycles. The molecule has 0 aliphatic carbocycles. The summed E-state index contributed by atoms with van der Waals surface area (Å²) in [6.45, 7) is 10.3. The third-order valence-corrected chi connectivity index (χ3v) is 6.42. The monoisotopic (exact) mass is 409 g/mol. The predicted molar refractivity (Wildman–Crippen MR) is 112 cm³/mol. The SMILES string of the molecule is CCCCn1c(CN(C)Cc2ncc(C)[nH]2)cnc1S(=O)(=O)CCCC(C)C. The lowest BCUT2D eigenvalue weighted by Gasteiger charge is -2.18. The summed E-state index contributed by atoms with van der Waals surface area (Å²) in [6.07, 6.45) is 7.05. The molecule has 0 aliphatic heterocycles. The second-order valence-electron chi connectivity index (χ2n) is 8.08. The van der Waals surface area contributed by atoms with E-state index in [0.717, 1.165) is 36.5 Å². The predicted octanol–water partition coefficient (Wildman–Crippen LogP) is 3.56. The number of H-pyrrole nitrogens is 1. The molecule has 0 saturated heterocycles. The lowest BCUT2D eigenvalue weighted by Crippen LogP contribution is -2.22. The van der Waals surface area contributed by atoms with E-state index in [1.54, 1.807) is 6.20 Å². The number of aromatic nitrogens is 4. The highest BCUT2D eigenvalue weighted by atomic mass is 32.2. The van der Waals surface area contributed by atoms with Gasteiger partial charge in [-0.1, -0.05) is 27.2 Å². The van der Waals surface area contributed by atoms with Crippen LogP contribution < -0.4 is 0 Å². The third-order valence-electron chi connectivity index (χ3n) is 4.72. The Kier molecular flexibility index (Phi) is 8.24. The summed E-state index contributed by atoms with van der Waals surface area (Å²) in [7, 11) is -1.37. The van der Waals surface area contributed by atoms with Crippen molar-refractivity contribution in [2.45, 2.75) is 78.2 Å². The number of hydrogen-bond donors (Lipinski definition) is 1. The largest absolute Gasteiger partial charge is 0.345 e. The minimum absolute atomic E-state index is 0.162. The van der Waals surface area contributed by atoms with Crippen molar-refractivity contribution in [3.05, 3.63) is 29.6 Å². The van der Waals surface area contributed by atoms with E-state index in [1.165, 1.54) is 0 Å². The number of unbranched alkanes of at least 4 members (excludes halogenated alkanes) is 1. The number of sulfone groups is 1. The molecular weight excluding hydrogens is 374 g/mol. The highest BCUT2D eigenvalue weighted by molar-refractivity contribution is 7.91. The molecule has 0 spiro atoms. The summed E-state index contributed by atoms with van der Waals surface area (Å²) >= 11 is 0. The first-order valence-electron chi connectivity index (χ1n) is 10.2. The number of nitrogens with zero attached hydrogens (tertiary/aromatic N) is 4. The number of nitrogens with one attached hydrogen (secondary N) is 1. The van der Waals surface area contributed by atoms with Gasteiger partial charge in [0.15, 0.2) is 0 Å². The summed E-state index contributed by atoms with van der Waals surface area (Å²) in [4.78, 5) is 14.0. The summed E-state index contributed by atoms with van der Waals surface area (Å²) in [5, 5.41) is 0.224. The van der Waals surface area contributed by atoms with Gasteiger partial charge in [0, 0.05) is 25.0 Å². The molecular formula is C20H35N5O2S. The Bertz CT molecular complexity index is 839. The van der Waals surface area contributed by atoms with E-state index in [2.05, 4.69) is 40.6 Å². The maximum Gasteiger partial charge on any atom is 0.227 e. The van der Waals surface area contributed by atoms with E-state index in [4.69, 9.17) is 0 Å². The number of hydrogen-bond acceptors (Lipinski definition) is 5. The van der Waals surface area contributed by atoms with Crippen molar-refractivity contribution in [3.8, 4) is 0 Å². The normalized spacial score (nSPS) is 12.4. The van der Waals surface area contributed by atoms with E-state index in [9.17, 15) is 8.42 Å². The van der Waals surface area contributed by atoms with Gasteiger partial charge in [0.05, 0.1) is 24.2 Å². The molecule has 0 unspecified atom stereocenters. The van der Waals surface area contributed by atoms with Crippen LogP contribution in [0.1, 0.15) is 63.7 Å². The number of rotatable bonds is 12. The molecule has 0 bridgehead atoms. The molecule has 0 fully saturated rings. The zero-order valence-corrected chi connectivity index (χ0v) is 18.7. The highest BCUT2D eigenvalue weighted by Crippen LogP contribution is 2.18. The van der Waals surface area contributed by atoms with Gasteiger partial charge in [-0.15, -0.1) is 0 Å². The molecule has 0 atom stereocenters. The van der Waals surface area contributed by atoms with Gasteiger partial charge in [-0.3, -0.25) is 4.90 Å². The van der Waals surface area contributed by atoms with Crippen LogP contribution in [0.5, 0.6) is 0 Å². The van der Waals surface area contributed by atoms with Gasteiger partial charge < -0.3 is 9.55 Å². The van der Waals surface area contributed by atoms with E-state index in [0.29, 0.717) is 32.0 Å². The first-order chi connectivity index (χ1) is 13.2. The van der Waals surface area contributed by atoms with Crippen molar-refractivity contribution < 1.29 is 8.42 Å². The Balaban J connectivity index is 2.15. The van der Waals surface area contributed by atoms with Crippen molar-refractivity contribution in [1.82, 2.24) is 24.4 Å². The van der Waals surface area contributed by atoms with Crippen LogP contribution in [0.4, 0.5) is 0 Å². The van der Waals surface area contributed by atoms with Gasteiger partial charge >= 0.3 is 0 Å². The van der Waals surface area contributed by atoms with Crippen LogP contribution in [0.3, 0.4) is 0 Å². The molecule has 158 valence electrons. The topological polar surface area (TPSA) is 83.9 Å². The molecule has 2 rings (SSSR count). The molecule has 0 aromatic carbocycles. The molecule has 0 radical (unpaired) electrons. The quantitative estimate of drug-likeness (QED) is 0.579. The Hall–Kier alpha value is -1.67. The first kappa shape index (κ1) is 22.6. The minimum atomic E-state index is -3.37. The fourth-order valence-corrected chi connectivity index (χ4v) is 4.72. The van der Waals surface area contributed by atoms with Crippen LogP contribution in [0.25, 0.3) is 0 Å². The van der Waals surface area contributed by atoms with Gasteiger partial charge in [0.1, 0.15) is 5.82 Å². The van der Waals surface area contributed by atoms with Crippen molar-refractivity contribution in [2.75, 3.05) is 12.8 Å². The fraction of sp³-hybridized carbons (Fsp3) is 0.700. The Morgan fingerprint density at radius 1 is 1.18 bits per heavy atom. The van der Waals surface area contributed by atoms with Crippen LogP contribution in [-0.4, -0.2) is 45.6 Å². The second-order valence-corrected chi connectivity index (χ2v) is 10.1.